The van der Waals surface area contributed by atoms with Crippen molar-refractivity contribution in [3.63, 3.8) is 0 Å². The molecule has 1 fully saturated rings. The van der Waals surface area contributed by atoms with Gasteiger partial charge in [-0.15, -0.1) is 11.3 Å². The molecule has 1 aromatic rings. The zero-order valence-corrected chi connectivity index (χ0v) is 14.2. The maximum Gasteiger partial charge on any atom is 0.265 e. The minimum absolute atomic E-state index is 0.0532. The molecule has 120 valence electrons. The molecule has 0 radical (unpaired) electrons. The number of amides is 1. The van der Waals surface area contributed by atoms with E-state index in [2.05, 4.69) is 11.0 Å². The molecule has 1 amide bonds. The minimum atomic E-state index is -0.378. The number of piperazine rings is 1. The van der Waals surface area contributed by atoms with Gasteiger partial charge in [-0.25, -0.2) is 0 Å². The lowest BCUT2D eigenvalue weighted by Crippen LogP contribution is -2.51. The van der Waals surface area contributed by atoms with Gasteiger partial charge in [-0.05, 0) is 16.9 Å². The number of carbonyl (C=O) groups excluding carboxylic acids is 1. The summed E-state index contributed by atoms with van der Waals surface area (Å²) in [6.45, 7) is 9.50. The van der Waals surface area contributed by atoms with Gasteiger partial charge < -0.3 is 10.0 Å². The molecular formula is C16H23N3O2S. The lowest BCUT2D eigenvalue weighted by atomic mass is 9.89. The molecule has 5 nitrogen and oxygen atoms in total. The molecule has 1 aliphatic heterocycles. The van der Waals surface area contributed by atoms with Crippen molar-refractivity contribution >= 4 is 17.2 Å². The van der Waals surface area contributed by atoms with Gasteiger partial charge in [-0.3, -0.25) is 9.69 Å². The van der Waals surface area contributed by atoms with E-state index in [4.69, 9.17) is 5.26 Å². The van der Waals surface area contributed by atoms with Gasteiger partial charge in [0.15, 0.2) is 0 Å². The first-order valence-electron chi connectivity index (χ1n) is 7.50. The number of aliphatic hydroxyl groups excluding tert-OH is 1. The van der Waals surface area contributed by atoms with Crippen LogP contribution in [0.15, 0.2) is 11.4 Å². The van der Waals surface area contributed by atoms with Crippen LogP contribution in [-0.2, 0) is 0 Å². The molecule has 1 aliphatic rings. The molecule has 1 aromatic heterocycles. The first kappa shape index (κ1) is 16.9. The Morgan fingerprint density at radius 2 is 2.05 bits per heavy atom. The lowest BCUT2D eigenvalue weighted by molar-refractivity contribution is 0.0137. The van der Waals surface area contributed by atoms with Crippen molar-refractivity contribution in [2.75, 3.05) is 32.7 Å². The van der Waals surface area contributed by atoms with E-state index in [0.717, 1.165) is 13.1 Å². The van der Waals surface area contributed by atoms with E-state index < -0.39 is 0 Å². The maximum atomic E-state index is 12.4. The van der Waals surface area contributed by atoms with E-state index >= 15 is 0 Å². The highest BCUT2D eigenvalue weighted by Crippen LogP contribution is 2.22. The summed E-state index contributed by atoms with van der Waals surface area (Å²) < 4.78 is 0. The van der Waals surface area contributed by atoms with Crippen LogP contribution in [0.5, 0.6) is 0 Å². The quantitative estimate of drug-likeness (QED) is 0.921. The average molecular weight is 321 g/mol. The van der Waals surface area contributed by atoms with Gasteiger partial charge in [-0.2, -0.15) is 5.26 Å². The van der Waals surface area contributed by atoms with E-state index in [-0.39, 0.29) is 17.4 Å². The van der Waals surface area contributed by atoms with Crippen molar-refractivity contribution in [2.24, 2.45) is 5.41 Å². The summed E-state index contributed by atoms with van der Waals surface area (Å²) in [5.74, 6) is -0.0532. The number of hydrogen-bond donors (Lipinski definition) is 1. The molecule has 0 bridgehead atoms. The lowest BCUT2D eigenvalue weighted by Gasteiger charge is -2.37. The van der Waals surface area contributed by atoms with Crippen molar-refractivity contribution in [1.82, 2.24) is 9.80 Å². The first-order chi connectivity index (χ1) is 10.3. The molecule has 2 heterocycles. The third kappa shape index (κ3) is 3.86. The number of nitriles is 1. The number of carbonyl (C=O) groups is 1. The Hall–Kier alpha value is -1.42. The van der Waals surface area contributed by atoms with Gasteiger partial charge in [0.05, 0.1) is 11.7 Å². The predicted molar refractivity (Wildman–Crippen MR) is 86.8 cm³/mol. The molecule has 0 saturated carbocycles. The van der Waals surface area contributed by atoms with Crippen LogP contribution in [0.1, 0.15) is 36.0 Å². The molecule has 0 spiro atoms. The number of thiophene rings is 1. The largest absolute Gasteiger partial charge is 0.391 e. The van der Waals surface area contributed by atoms with Crippen LogP contribution in [0.3, 0.4) is 0 Å². The first-order valence-corrected chi connectivity index (χ1v) is 8.38. The second-order valence-electron chi connectivity index (χ2n) is 6.75. The fourth-order valence-corrected chi connectivity index (χ4v) is 3.17. The zero-order valence-electron chi connectivity index (χ0n) is 13.4. The van der Waals surface area contributed by atoms with E-state index in [1.807, 2.05) is 20.8 Å². The number of β-amino-alcohol motifs (C(OH)–C–C–N with tert-alkyl or cyclic N) is 1. The van der Waals surface area contributed by atoms with E-state index in [9.17, 15) is 9.90 Å². The third-order valence-electron chi connectivity index (χ3n) is 4.07. The second-order valence-corrected chi connectivity index (χ2v) is 7.67. The Balaban J connectivity index is 1.90. The summed E-state index contributed by atoms with van der Waals surface area (Å²) in [4.78, 5) is 17.0. The van der Waals surface area contributed by atoms with Crippen LogP contribution in [0.2, 0.25) is 0 Å². The molecule has 22 heavy (non-hydrogen) atoms. The van der Waals surface area contributed by atoms with Gasteiger partial charge in [0.25, 0.3) is 5.91 Å². The molecule has 0 aromatic carbocycles. The predicted octanol–water partition coefficient (Wildman–Crippen LogP) is 1.78. The highest BCUT2D eigenvalue weighted by Gasteiger charge is 2.28. The van der Waals surface area contributed by atoms with Crippen molar-refractivity contribution < 1.29 is 9.90 Å². The minimum Gasteiger partial charge on any atom is -0.391 e. The summed E-state index contributed by atoms with van der Waals surface area (Å²) in [5.41, 5.74) is 0.326. The fraction of sp³-hybridized carbons (Fsp3) is 0.625. The second kappa shape index (κ2) is 6.78. The molecule has 2 rings (SSSR count). The summed E-state index contributed by atoms with van der Waals surface area (Å²) in [6, 6.07) is 3.75. The van der Waals surface area contributed by atoms with Crippen LogP contribution in [-0.4, -0.2) is 59.6 Å². The molecule has 6 heteroatoms. The van der Waals surface area contributed by atoms with Gasteiger partial charge in [0.2, 0.25) is 0 Å². The van der Waals surface area contributed by atoms with Crippen molar-refractivity contribution in [1.29, 1.82) is 5.26 Å². The smallest absolute Gasteiger partial charge is 0.265 e. The zero-order chi connectivity index (χ0) is 16.3. The Kier molecular flexibility index (Phi) is 5.22. The van der Waals surface area contributed by atoms with Crippen LogP contribution in [0.4, 0.5) is 0 Å². The molecule has 1 atom stereocenters. The van der Waals surface area contributed by atoms with Crippen LogP contribution < -0.4 is 0 Å². The standard InChI is InChI=1S/C16H23N3O2S/c1-16(2,3)13(20)11-18-5-7-19(8-6-18)15(21)14-12(10-17)4-9-22-14/h4,9,13,20H,5-8,11H2,1-3H3/t13-/m1/s1. The van der Waals surface area contributed by atoms with Crippen LogP contribution >= 0.6 is 11.3 Å². The van der Waals surface area contributed by atoms with Crippen molar-refractivity contribution in [3.05, 3.63) is 21.9 Å². The van der Waals surface area contributed by atoms with E-state index in [1.54, 1.807) is 16.3 Å². The third-order valence-corrected chi connectivity index (χ3v) is 4.97. The Morgan fingerprint density at radius 3 is 2.59 bits per heavy atom. The topological polar surface area (TPSA) is 67.6 Å². The highest BCUT2D eigenvalue weighted by atomic mass is 32.1. The average Bonchev–Trinajstić information content (AvgIpc) is 2.94. The molecule has 1 N–H and O–H groups in total. The van der Waals surface area contributed by atoms with Gasteiger partial charge >= 0.3 is 0 Å². The molecular weight excluding hydrogens is 298 g/mol. The normalized spacial score (nSPS) is 18.0. The summed E-state index contributed by atoms with van der Waals surface area (Å²) in [7, 11) is 0. The summed E-state index contributed by atoms with van der Waals surface area (Å²) in [5, 5.41) is 21.0. The Bertz CT molecular complexity index is 563. The molecule has 0 aliphatic carbocycles. The molecule has 1 saturated heterocycles. The van der Waals surface area contributed by atoms with Crippen LogP contribution in [0.25, 0.3) is 0 Å². The Morgan fingerprint density at radius 1 is 1.41 bits per heavy atom. The maximum absolute atomic E-state index is 12.4. The summed E-state index contributed by atoms with van der Waals surface area (Å²) >= 11 is 1.32. The number of hydrogen-bond acceptors (Lipinski definition) is 5. The van der Waals surface area contributed by atoms with Crippen LogP contribution in [0, 0.1) is 16.7 Å². The number of rotatable bonds is 3. The SMILES string of the molecule is CC(C)(C)[C@H](O)CN1CCN(C(=O)c2sccc2C#N)CC1. The highest BCUT2D eigenvalue weighted by molar-refractivity contribution is 7.12. The van der Waals surface area contributed by atoms with E-state index in [0.29, 0.717) is 30.1 Å². The van der Waals surface area contributed by atoms with Gasteiger partial charge in [-0.1, -0.05) is 20.8 Å². The summed E-state index contributed by atoms with van der Waals surface area (Å²) in [6.07, 6.45) is -0.378. The van der Waals surface area contributed by atoms with E-state index in [1.165, 1.54) is 11.3 Å². The number of nitrogens with zero attached hydrogens (tertiary/aromatic N) is 3. The van der Waals surface area contributed by atoms with Gasteiger partial charge in [0, 0.05) is 32.7 Å². The van der Waals surface area contributed by atoms with Crippen molar-refractivity contribution in [3.8, 4) is 6.07 Å². The molecule has 0 unspecified atom stereocenters. The fourth-order valence-electron chi connectivity index (χ4n) is 2.36. The Labute approximate surface area is 135 Å². The monoisotopic (exact) mass is 321 g/mol. The van der Waals surface area contributed by atoms with Crippen molar-refractivity contribution in [2.45, 2.75) is 26.9 Å². The number of aliphatic hydroxyl groups is 1. The van der Waals surface area contributed by atoms with Gasteiger partial charge in [0.1, 0.15) is 10.9 Å².